The number of nitrogens with one attached hydrogen (secondary N) is 2. The van der Waals surface area contributed by atoms with Crippen LogP contribution in [0.25, 0.3) is 0 Å². The number of carbonyl (C=O) groups excluding carboxylic acids is 2. The second-order valence-electron chi connectivity index (χ2n) is 5.88. The van der Waals surface area contributed by atoms with Crippen LogP contribution in [-0.4, -0.2) is 36.3 Å². The van der Waals surface area contributed by atoms with Crippen molar-refractivity contribution in [3.05, 3.63) is 29.8 Å². The molecule has 2 heterocycles. The van der Waals surface area contributed by atoms with Gasteiger partial charge in [-0.2, -0.15) is 0 Å². The van der Waals surface area contributed by atoms with E-state index in [-0.39, 0.29) is 17.7 Å². The Kier molecular flexibility index (Phi) is 4.20. The minimum Gasteiger partial charge on any atom is -0.355 e. The maximum atomic E-state index is 12.1. The predicted octanol–water partition coefficient (Wildman–Crippen LogP) is 1.36. The van der Waals surface area contributed by atoms with Gasteiger partial charge >= 0.3 is 0 Å². The topological polar surface area (TPSA) is 61.4 Å². The van der Waals surface area contributed by atoms with Crippen LogP contribution in [-0.2, 0) is 16.1 Å². The molecule has 2 aliphatic rings. The summed E-state index contributed by atoms with van der Waals surface area (Å²) in [5.41, 5.74) is 2.03. The molecule has 1 aromatic carbocycles. The maximum Gasteiger partial charge on any atom is 0.229 e. The van der Waals surface area contributed by atoms with Crippen LogP contribution in [0.4, 0.5) is 5.69 Å². The first-order valence-corrected chi connectivity index (χ1v) is 7.59. The minimum absolute atomic E-state index is 0.0436. The van der Waals surface area contributed by atoms with Gasteiger partial charge in [0.1, 0.15) is 0 Å². The molecule has 0 aromatic heterocycles. The molecule has 112 valence electrons. The molecule has 0 aliphatic carbocycles. The molecule has 2 N–H and O–H groups in total. The zero-order valence-corrected chi connectivity index (χ0v) is 12.1. The molecule has 0 radical (unpaired) electrons. The quantitative estimate of drug-likeness (QED) is 0.879. The van der Waals surface area contributed by atoms with E-state index < -0.39 is 0 Å². The Morgan fingerprint density at radius 3 is 2.86 bits per heavy atom. The smallest absolute Gasteiger partial charge is 0.229 e. The van der Waals surface area contributed by atoms with E-state index in [1.54, 1.807) is 0 Å². The van der Waals surface area contributed by atoms with Crippen LogP contribution in [0, 0.1) is 5.92 Å². The Labute approximate surface area is 124 Å². The number of rotatable bonds is 4. The first kappa shape index (κ1) is 14.1. The van der Waals surface area contributed by atoms with Crippen molar-refractivity contribution in [2.24, 2.45) is 5.92 Å². The summed E-state index contributed by atoms with van der Waals surface area (Å²) < 4.78 is 0. The van der Waals surface area contributed by atoms with Crippen molar-refractivity contribution in [3.63, 3.8) is 0 Å². The molecule has 2 amide bonds. The molecule has 2 saturated heterocycles. The van der Waals surface area contributed by atoms with Crippen molar-refractivity contribution >= 4 is 17.5 Å². The van der Waals surface area contributed by atoms with Gasteiger partial charge < -0.3 is 10.6 Å². The summed E-state index contributed by atoms with van der Waals surface area (Å²) in [6, 6.07) is 7.99. The highest BCUT2D eigenvalue weighted by Crippen LogP contribution is 2.18. The Morgan fingerprint density at radius 2 is 2.14 bits per heavy atom. The number of hydrogen-bond donors (Lipinski definition) is 2. The monoisotopic (exact) mass is 287 g/mol. The molecule has 5 heteroatoms. The molecule has 0 bridgehead atoms. The maximum absolute atomic E-state index is 12.1. The van der Waals surface area contributed by atoms with Crippen molar-refractivity contribution in [3.8, 4) is 0 Å². The summed E-state index contributed by atoms with van der Waals surface area (Å²) in [7, 11) is 0. The standard InChI is InChI=1S/C16H21N3O2/c20-15-9-13(10-17-15)16(21)18-14-5-3-4-12(8-14)11-19-6-1-2-7-19/h3-5,8,13H,1-2,6-7,9-11H2,(H,17,20)(H,18,21). The highest BCUT2D eigenvalue weighted by atomic mass is 16.2. The van der Waals surface area contributed by atoms with E-state index in [1.807, 2.05) is 18.2 Å². The first-order chi connectivity index (χ1) is 10.2. The number of nitrogens with zero attached hydrogens (tertiary/aromatic N) is 1. The van der Waals surface area contributed by atoms with Gasteiger partial charge in [-0.3, -0.25) is 14.5 Å². The van der Waals surface area contributed by atoms with Crippen LogP contribution in [0.5, 0.6) is 0 Å². The highest BCUT2D eigenvalue weighted by molar-refractivity contribution is 5.97. The van der Waals surface area contributed by atoms with Crippen molar-refractivity contribution in [2.75, 3.05) is 25.0 Å². The third kappa shape index (κ3) is 3.61. The lowest BCUT2D eigenvalue weighted by molar-refractivity contribution is -0.123. The molecule has 2 fully saturated rings. The number of carbonyl (C=O) groups is 2. The van der Waals surface area contributed by atoms with Gasteiger partial charge in [0.15, 0.2) is 0 Å². The number of benzene rings is 1. The van der Waals surface area contributed by atoms with Gasteiger partial charge in [-0.25, -0.2) is 0 Å². The Morgan fingerprint density at radius 1 is 1.33 bits per heavy atom. The summed E-state index contributed by atoms with van der Waals surface area (Å²) in [5.74, 6) is -0.371. The lowest BCUT2D eigenvalue weighted by Crippen LogP contribution is -2.24. The third-order valence-corrected chi connectivity index (χ3v) is 4.15. The van der Waals surface area contributed by atoms with Gasteiger partial charge in [0, 0.05) is 25.2 Å². The fraction of sp³-hybridized carbons (Fsp3) is 0.500. The summed E-state index contributed by atoms with van der Waals surface area (Å²) in [5, 5.41) is 5.61. The van der Waals surface area contributed by atoms with Crippen LogP contribution in [0.3, 0.4) is 0 Å². The zero-order chi connectivity index (χ0) is 14.7. The van der Waals surface area contributed by atoms with E-state index in [0.29, 0.717) is 13.0 Å². The molecule has 1 unspecified atom stereocenters. The van der Waals surface area contributed by atoms with Gasteiger partial charge in [-0.15, -0.1) is 0 Å². The molecule has 21 heavy (non-hydrogen) atoms. The summed E-state index contributed by atoms with van der Waals surface area (Å²) >= 11 is 0. The average molecular weight is 287 g/mol. The van der Waals surface area contributed by atoms with Crippen LogP contribution >= 0.6 is 0 Å². The first-order valence-electron chi connectivity index (χ1n) is 7.59. The third-order valence-electron chi connectivity index (χ3n) is 4.15. The molecule has 0 spiro atoms. The van der Waals surface area contributed by atoms with Crippen molar-refractivity contribution in [1.29, 1.82) is 0 Å². The SMILES string of the molecule is O=C1CC(C(=O)Nc2cccc(CN3CCCC3)c2)CN1. The summed E-state index contributed by atoms with van der Waals surface area (Å²) in [4.78, 5) is 25.7. The second-order valence-corrected chi connectivity index (χ2v) is 5.88. The zero-order valence-electron chi connectivity index (χ0n) is 12.1. The molecular weight excluding hydrogens is 266 g/mol. The normalized spacial score (nSPS) is 22.3. The minimum atomic E-state index is -0.250. The molecule has 0 saturated carbocycles. The number of anilines is 1. The Bertz CT molecular complexity index is 538. The van der Waals surface area contributed by atoms with E-state index >= 15 is 0 Å². The van der Waals surface area contributed by atoms with Crippen LogP contribution in [0.15, 0.2) is 24.3 Å². The molecule has 5 nitrogen and oxygen atoms in total. The summed E-state index contributed by atoms with van der Waals surface area (Å²) in [6.45, 7) is 3.70. The molecule has 3 rings (SSSR count). The van der Waals surface area contributed by atoms with Crippen LogP contribution in [0.1, 0.15) is 24.8 Å². The number of hydrogen-bond acceptors (Lipinski definition) is 3. The molecular formula is C16H21N3O2. The van der Waals surface area contributed by atoms with Crippen molar-refractivity contribution < 1.29 is 9.59 Å². The van der Waals surface area contributed by atoms with Crippen molar-refractivity contribution in [2.45, 2.75) is 25.8 Å². The Balaban J connectivity index is 1.60. The molecule has 1 aromatic rings. The largest absolute Gasteiger partial charge is 0.355 e. The van der Waals surface area contributed by atoms with Gasteiger partial charge in [-0.1, -0.05) is 12.1 Å². The average Bonchev–Trinajstić information content (AvgIpc) is 3.11. The number of likely N-dealkylation sites (tertiary alicyclic amines) is 1. The lowest BCUT2D eigenvalue weighted by Gasteiger charge is -2.15. The second kappa shape index (κ2) is 6.26. The summed E-state index contributed by atoms with van der Waals surface area (Å²) in [6.07, 6.45) is 2.84. The predicted molar refractivity (Wildman–Crippen MR) is 80.7 cm³/mol. The van der Waals surface area contributed by atoms with Gasteiger partial charge in [0.05, 0.1) is 5.92 Å². The van der Waals surface area contributed by atoms with E-state index in [4.69, 9.17) is 0 Å². The van der Waals surface area contributed by atoms with Gasteiger partial charge in [0.25, 0.3) is 0 Å². The van der Waals surface area contributed by atoms with Gasteiger partial charge in [0.2, 0.25) is 11.8 Å². The fourth-order valence-electron chi connectivity index (χ4n) is 2.98. The van der Waals surface area contributed by atoms with Crippen molar-refractivity contribution in [1.82, 2.24) is 10.2 Å². The van der Waals surface area contributed by atoms with E-state index in [0.717, 1.165) is 25.3 Å². The molecule has 2 aliphatic heterocycles. The van der Waals surface area contributed by atoms with Crippen LogP contribution in [0.2, 0.25) is 0 Å². The molecule has 1 atom stereocenters. The van der Waals surface area contributed by atoms with E-state index in [9.17, 15) is 9.59 Å². The lowest BCUT2D eigenvalue weighted by atomic mass is 10.1. The van der Waals surface area contributed by atoms with Crippen LogP contribution < -0.4 is 10.6 Å². The van der Waals surface area contributed by atoms with Gasteiger partial charge in [-0.05, 0) is 43.6 Å². The van der Waals surface area contributed by atoms with E-state index in [1.165, 1.54) is 18.4 Å². The Hall–Kier alpha value is -1.88. The highest BCUT2D eigenvalue weighted by Gasteiger charge is 2.27. The number of amides is 2. The van der Waals surface area contributed by atoms with E-state index in [2.05, 4.69) is 21.6 Å². The fourth-order valence-corrected chi connectivity index (χ4v) is 2.98.